The maximum absolute atomic E-state index is 10.7. The Bertz CT molecular complexity index is 199. The molecule has 5 atom stereocenters. The monoisotopic (exact) mass is 320 g/mol. The second kappa shape index (κ2) is 6.35. The number of hydrogen-bond acceptors (Lipinski definition) is 6. The summed E-state index contributed by atoms with van der Waals surface area (Å²) in [6, 6.07) is 0. The van der Waals surface area contributed by atoms with Gasteiger partial charge >= 0.3 is 101 Å². The van der Waals surface area contributed by atoms with Gasteiger partial charge in [0.25, 0.3) is 0 Å². The molecule has 0 saturated carbocycles. The van der Waals surface area contributed by atoms with Crippen LogP contribution < -0.4 is 0 Å². The van der Waals surface area contributed by atoms with Crippen LogP contribution in [0.15, 0.2) is 0 Å². The fourth-order valence-corrected chi connectivity index (χ4v) is 2.46. The van der Waals surface area contributed by atoms with Crippen LogP contribution in [-0.2, 0) is 4.79 Å². The topological polar surface area (TPSA) is 118 Å². The summed E-state index contributed by atoms with van der Waals surface area (Å²) in [5.41, 5.74) is 0. The van der Waals surface area contributed by atoms with E-state index in [9.17, 15) is 20.1 Å². The van der Waals surface area contributed by atoms with Gasteiger partial charge in [-0.05, 0) is 0 Å². The zero-order valence-corrected chi connectivity index (χ0v) is 16.4. The molecule has 0 radical (unpaired) electrons. The van der Waals surface area contributed by atoms with Crippen LogP contribution in [0, 0.1) is 0 Å². The average Bonchev–Trinajstić information content (AvgIpc) is 2.12. The number of aliphatic hydroxyl groups is 5. The molecule has 0 aromatic carbocycles. The Hall–Kier alpha value is 0.743. The van der Waals surface area contributed by atoms with E-state index in [1.54, 1.807) is 0 Å². The van der Waals surface area contributed by atoms with Gasteiger partial charge in [-0.1, -0.05) is 0 Å². The van der Waals surface area contributed by atoms with E-state index in [0.29, 0.717) is 0 Å². The van der Waals surface area contributed by atoms with Crippen LogP contribution in [0.3, 0.4) is 0 Å². The van der Waals surface area contributed by atoms with Crippen LogP contribution in [-0.4, -0.2) is 96.1 Å². The van der Waals surface area contributed by atoms with Crippen LogP contribution in [0.1, 0.15) is 0 Å². The van der Waals surface area contributed by atoms with Gasteiger partial charge in [-0.25, -0.2) is 0 Å². The molecule has 8 heteroatoms. The molecular formula is C6H14Ga2O6. The van der Waals surface area contributed by atoms with Gasteiger partial charge in [-0.15, -0.1) is 0 Å². The van der Waals surface area contributed by atoms with E-state index < -0.39 is 33.4 Å². The molecular weight excluding hydrogens is 308 g/mol. The van der Waals surface area contributed by atoms with Gasteiger partial charge in [0.05, 0.1) is 0 Å². The van der Waals surface area contributed by atoms with Crippen molar-refractivity contribution in [1.82, 2.24) is 0 Å². The molecule has 0 aliphatic carbocycles. The predicted molar refractivity (Wildman–Crippen MR) is 52.1 cm³/mol. The molecule has 0 spiro atoms. The normalized spacial score (nSPS) is 22.1. The summed E-state index contributed by atoms with van der Waals surface area (Å²) in [4.78, 5) is 10.7. The van der Waals surface area contributed by atoms with Crippen molar-refractivity contribution in [3.63, 3.8) is 0 Å². The number of carbonyl (C=O) groups excluding carboxylic acids is 1. The Morgan fingerprint density at radius 1 is 0.929 bits per heavy atom. The number of carbonyl (C=O) groups is 1. The fraction of sp³-hybridized carbons (Fsp3) is 0.833. The van der Waals surface area contributed by atoms with Crippen LogP contribution in [0.2, 0.25) is 0 Å². The first-order chi connectivity index (χ1) is 6.29. The van der Waals surface area contributed by atoms with E-state index in [0.717, 1.165) is 0 Å². The van der Waals surface area contributed by atoms with Crippen molar-refractivity contribution in [2.24, 2.45) is 0 Å². The third-order valence-electron chi connectivity index (χ3n) is 1.93. The van der Waals surface area contributed by atoms with E-state index in [-0.39, 0.29) is 37.2 Å². The summed E-state index contributed by atoms with van der Waals surface area (Å²) < 4.78 is -1.59. The molecule has 0 aromatic rings. The van der Waals surface area contributed by atoms with E-state index in [2.05, 4.69) is 0 Å². The van der Waals surface area contributed by atoms with Crippen LogP contribution in [0.5, 0.6) is 0 Å². The minimum absolute atomic E-state index is 0.133. The van der Waals surface area contributed by atoms with E-state index >= 15 is 0 Å². The third kappa shape index (κ3) is 4.08. The van der Waals surface area contributed by atoms with Crippen molar-refractivity contribution in [3.05, 3.63) is 0 Å². The Morgan fingerprint density at radius 3 is 1.64 bits per heavy atom. The van der Waals surface area contributed by atoms with Crippen molar-refractivity contribution in [2.75, 3.05) is 0 Å². The first-order valence-corrected chi connectivity index (χ1v) is 8.72. The summed E-state index contributed by atoms with van der Waals surface area (Å²) in [6.07, 6.45) is -6.59. The zero-order chi connectivity index (χ0) is 11.5. The van der Waals surface area contributed by atoms with Crippen molar-refractivity contribution in [2.45, 2.75) is 29.1 Å². The quantitative estimate of drug-likeness (QED) is 0.323. The minimum atomic E-state index is -1.73. The van der Waals surface area contributed by atoms with Gasteiger partial charge in [0.1, 0.15) is 0 Å². The molecule has 14 heavy (non-hydrogen) atoms. The molecule has 0 aliphatic heterocycles. The van der Waals surface area contributed by atoms with Gasteiger partial charge in [0, 0.05) is 0 Å². The third-order valence-corrected chi connectivity index (χ3v) is 4.61. The SMILES string of the molecule is O=[C]([GaH2])[C@H](O)[C@@H](O)[C@H](O)[C@H](O)[CH](O)[GaH2]. The molecule has 0 aliphatic rings. The van der Waals surface area contributed by atoms with Gasteiger partial charge in [0.2, 0.25) is 0 Å². The van der Waals surface area contributed by atoms with Crippen LogP contribution >= 0.6 is 0 Å². The molecule has 0 aromatic heterocycles. The number of aliphatic hydroxyl groups excluding tert-OH is 5. The summed E-state index contributed by atoms with van der Waals surface area (Å²) >= 11 is -0.438. The first kappa shape index (κ1) is 14.7. The van der Waals surface area contributed by atoms with Crippen molar-refractivity contribution in [1.29, 1.82) is 0 Å². The summed E-state index contributed by atoms with van der Waals surface area (Å²) in [5, 5.41) is 45.7. The molecule has 80 valence electrons. The number of hydrogen-bond donors (Lipinski definition) is 5. The van der Waals surface area contributed by atoms with Gasteiger partial charge in [-0.3, -0.25) is 0 Å². The van der Waals surface area contributed by atoms with Gasteiger partial charge < -0.3 is 0 Å². The fourth-order valence-electron chi connectivity index (χ4n) is 0.915. The Morgan fingerprint density at radius 2 is 1.36 bits per heavy atom. The van der Waals surface area contributed by atoms with E-state index in [1.807, 2.05) is 0 Å². The molecule has 0 bridgehead atoms. The maximum atomic E-state index is 10.7. The molecule has 0 rings (SSSR count). The Kier molecular flexibility index (Phi) is 6.69. The molecule has 0 heterocycles. The Balaban J connectivity index is 4.37. The summed E-state index contributed by atoms with van der Waals surface area (Å²) in [5.74, 6) is 0. The van der Waals surface area contributed by atoms with Crippen molar-refractivity contribution < 1.29 is 30.3 Å². The van der Waals surface area contributed by atoms with Gasteiger partial charge in [0.15, 0.2) is 0 Å². The standard InChI is InChI=1S/C6H10O6.2Ga.4H/c7-1-3(9)5(11)6(12)4(10)2-8;;;;;;/h1,3-7,9-12H;;;;;;/t3-,4+,5-,6-;;;;;;/m1....../s1. The molecule has 0 fully saturated rings. The summed E-state index contributed by atoms with van der Waals surface area (Å²) in [6.45, 7) is 0. The average molecular weight is 322 g/mol. The van der Waals surface area contributed by atoms with E-state index in [1.165, 1.54) is 0 Å². The molecule has 1 unspecified atom stereocenters. The molecule has 0 amide bonds. The Labute approximate surface area is 101 Å². The first-order valence-electron chi connectivity index (χ1n) is 4.19. The van der Waals surface area contributed by atoms with Crippen LogP contribution in [0.25, 0.3) is 0 Å². The van der Waals surface area contributed by atoms with Crippen molar-refractivity contribution >= 4 is 41.5 Å². The molecule has 6 nitrogen and oxygen atoms in total. The predicted octanol–water partition coefficient (Wildman–Crippen LogP) is -5.46. The summed E-state index contributed by atoms with van der Waals surface area (Å²) in [7, 11) is 0. The van der Waals surface area contributed by atoms with Crippen LogP contribution in [0.4, 0.5) is 0 Å². The second-order valence-electron chi connectivity index (χ2n) is 3.27. The van der Waals surface area contributed by atoms with E-state index in [4.69, 9.17) is 10.2 Å². The molecule has 5 N–H and O–H groups in total. The second-order valence-corrected chi connectivity index (χ2v) is 7.82. The van der Waals surface area contributed by atoms with Crippen molar-refractivity contribution in [3.8, 4) is 0 Å². The zero-order valence-electron chi connectivity index (χ0n) is 8.03. The molecule has 0 saturated heterocycles. The van der Waals surface area contributed by atoms with Gasteiger partial charge in [-0.2, -0.15) is 0 Å². The number of rotatable bonds is 5.